The standard InChI is InChI=1S/C15H22N2O3/c16-13-5-11(15-12(6-13)9-19-10-20-15)7-17-4-2-1-3-14(17)8-18/h5-6,14,18H,1-4,7-10,16H2. The highest BCUT2D eigenvalue weighted by molar-refractivity contribution is 5.53. The normalized spacial score (nSPS) is 23.1. The largest absolute Gasteiger partial charge is 0.467 e. The zero-order chi connectivity index (χ0) is 13.9. The molecule has 0 amide bonds. The summed E-state index contributed by atoms with van der Waals surface area (Å²) in [5, 5.41) is 9.51. The van der Waals surface area contributed by atoms with E-state index in [0.29, 0.717) is 13.4 Å². The van der Waals surface area contributed by atoms with Crippen molar-refractivity contribution < 1.29 is 14.6 Å². The fourth-order valence-corrected chi connectivity index (χ4v) is 3.14. The van der Waals surface area contributed by atoms with Gasteiger partial charge in [0.1, 0.15) is 5.75 Å². The summed E-state index contributed by atoms with van der Waals surface area (Å²) in [6.07, 6.45) is 3.44. The molecule has 5 heteroatoms. The van der Waals surface area contributed by atoms with Crippen LogP contribution in [0.2, 0.25) is 0 Å². The molecule has 1 saturated heterocycles. The van der Waals surface area contributed by atoms with Crippen LogP contribution >= 0.6 is 0 Å². The molecule has 0 radical (unpaired) electrons. The third kappa shape index (κ3) is 2.75. The van der Waals surface area contributed by atoms with Crippen LogP contribution in [0.1, 0.15) is 30.4 Å². The first kappa shape index (κ1) is 13.7. The maximum Gasteiger partial charge on any atom is 0.189 e. The van der Waals surface area contributed by atoms with E-state index >= 15 is 0 Å². The molecule has 0 saturated carbocycles. The van der Waals surface area contributed by atoms with E-state index < -0.39 is 0 Å². The Hall–Kier alpha value is -1.30. The van der Waals surface area contributed by atoms with Gasteiger partial charge in [-0.15, -0.1) is 0 Å². The van der Waals surface area contributed by atoms with Gasteiger partial charge in [-0.1, -0.05) is 6.42 Å². The maximum absolute atomic E-state index is 9.51. The van der Waals surface area contributed by atoms with Gasteiger partial charge in [-0.2, -0.15) is 0 Å². The molecule has 0 aromatic heterocycles. The fraction of sp³-hybridized carbons (Fsp3) is 0.600. The van der Waals surface area contributed by atoms with E-state index in [1.165, 1.54) is 12.8 Å². The Labute approximate surface area is 119 Å². The topological polar surface area (TPSA) is 68.0 Å². The van der Waals surface area contributed by atoms with Gasteiger partial charge >= 0.3 is 0 Å². The lowest BCUT2D eigenvalue weighted by atomic mass is 10.0. The summed E-state index contributed by atoms with van der Waals surface area (Å²) < 4.78 is 11.0. The minimum absolute atomic E-state index is 0.217. The lowest BCUT2D eigenvalue weighted by molar-refractivity contribution is -0.0179. The van der Waals surface area contributed by atoms with E-state index in [-0.39, 0.29) is 12.6 Å². The molecular weight excluding hydrogens is 256 g/mol. The number of likely N-dealkylation sites (tertiary alicyclic amines) is 1. The quantitative estimate of drug-likeness (QED) is 0.820. The highest BCUT2D eigenvalue weighted by Crippen LogP contribution is 2.32. The minimum atomic E-state index is 0.217. The number of ether oxygens (including phenoxy) is 2. The van der Waals surface area contributed by atoms with Crippen LogP contribution in [0, 0.1) is 0 Å². The first-order chi connectivity index (χ1) is 9.78. The molecule has 0 aliphatic carbocycles. The molecule has 1 fully saturated rings. The number of rotatable bonds is 3. The van der Waals surface area contributed by atoms with Crippen LogP contribution in [-0.4, -0.2) is 36.0 Å². The average Bonchev–Trinajstić information content (AvgIpc) is 2.47. The molecule has 110 valence electrons. The second-order valence-electron chi connectivity index (χ2n) is 5.58. The Morgan fingerprint density at radius 2 is 2.25 bits per heavy atom. The Bertz CT molecular complexity index is 478. The van der Waals surface area contributed by atoms with Gasteiger partial charge in [-0.25, -0.2) is 0 Å². The Morgan fingerprint density at radius 3 is 3.10 bits per heavy atom. The number of nitrogens with two attached hydrogens (primary N) is 1. The van der Waals surface area contributed by atoms with Crippen molar-refractivity contribution in [2.45, 2.75) is 38.5 Å². The Kier molecular flexibility index (Phi) is 4.10. The first-order valence-electron chi connectivity index (χ1n) is 7.24. The molecule has 0 bridgehead atoms. The molecule has 1 unspecified atom stereocenters. The van der Waals surface area contributed by atoms with Gasteiger partial charge in [-0.3, -0.25) is 4.90 Å². The van der Waals surface area contributed by atoms with Crippen LogP contribution in [0.3, 0.4) is 0 Å². The van der Waals surface area contributed by atoms with Crippen molar-refractivity contribution in [2.75, 3.05) is 25.7 Å². The summed E-state index contributed by atoms with van der Waals surface area (Å²) in [6, 6.07) is 4.14. The molecule has 5 nitrogen and oxygen atoms in total. The fourth-order valence-electron chi connectivity index (χ4n) is 3.14. The maximum atomic E-state index is 9.51. The van der Waals surface area contributed by atoms with Crippen LogP contribution in [0.5, 0.6) is 5.75 Å². The van der Waals surface area contributed by atoms with Crippen molar-refractivity contribution in [1.82, 2.24) is 4.90 Å². The van der Waals surface area contributed by atoms with Crippen LogP contribution in [0.4, 0.5) is 5.69 Å². The lowest BCUT2D eigenvalue weighted by Crippen LogP contribution is -2.41. The van der Waals surface area contributed by atoms with Gasteiger partial charge < -0.3 is 20.3 Å². The highest BCUT2D eigenvalue weighted by atomic mass is 16.7. The summed E-state index contributed by atoms with van der Waals surface area (Å²) >= 11 is 0. The Balaban J connectivity index is 1.84. The molecule has 20 heavy (non-hydrogen) atoms. The number of piperidine rings is 1. The third-order valence-corrected chi connectivity index (χ3v) is 4.14. The molecule has 1 atom stereocenters. The molecule has 2 aliphatic rings. The predicted octanol–water partition coefficient (Wildman–Crippen LogP) is 1.48. The minimum Gasteiger partial charge on any atom is -0.467 e. The van der Waals surface area contributed by atoms with E-state index in [9.17, 15) is 5.11 Å². The number of aliphatic hydroxyl groups excluding tert-OH is 1. The van der Waals surface area contributed by atoms with E-state index in [0.717, 1.165) is 42.1 Å². The summed E-state index contributed by atoms with van der Waals surface area (Å²) in [6.45, 7) is 2.86. The van der Waals surface area contributed by atoms with E-state index in [1.54, 1.807) is 0 Å². The summed E-state index contributed by atoms with van der Waals surface area (Å²) in [4.78, 5) is 2.33. The van der Waals surface area contributed by atoms with Gasteiger partial charge in [0.2, 0.25) is 0 Å². The number of anilines is 1. The zero-order valence-corrected chi connectivity index (χ0v) is 11.7. The molecule has 3 N–H and O–H groups in total. The van der Waals surface area contributed by atoms with Crippen LogP contribution in [0.15, 0.2) is 12.1 Å². The number of hydrogen-bond donors (Lipinski definition) is 2. The highest BCUT2D eigenvalue weighted by Gasteiger charge is 2.24. The van der Waals surface area contributed by atoms with Gasteiger partial charge in [0.15, 0.2) is 6.79 Å². The average molecular weight is 278 g/mol. The van der Waals surface area contributed by atoms with Gasteiger partial charge in [0, 0.05) is 29.4 Å². The number of benzene rings is 1. The number of aliphatic hydroxyl groups is 1. The summed E-state index contributed by atoms with van der Waals surface area (Å²) in [7, 11) is 0. The number of hydrogen-bond acceptors (Lipinski definition) is 5. The van der Waals surface area contributed by atoms with Crippen LogP contribution in [-0.2, 0) is 17.9 Å². The van der Waals surface area contributed by atoms with Crippen molar-refractivity contribution >= 4 is 5.69 Å². The number of nitrogens with zero attached hydrogens (tertiary/aromatic N) is 1. The van der Waals surface area contributed by atoms with E-state index in [2.05, 4.69) is 4.90 Å². The first-order valence-corrected chi connectivity index (χ1v) is 7.24. The van der Waals surface area contributed by atoms with Crippen molar-refractivity contribution in [3.8, 4) is 5.75 Å². The molecule has 0 spiro atoms. The summed E-state index contributed by atoms with van der Waals surface area (Å²) in [5.74, 6) is 0.910. The molecule has 2 heterocycles. The third-order valence-electron chi connectivity index (χ3n) is 4.14. The predicted molar refractivity (Wildman–Crippen MR) is 76.3 cm³/mol. The molecule has 1 aromatic rings. The van der Waals surface area contributed by atoms with Crippen molar-refractivity contribution in [2.24, 2.45) is 0 Å². The number of fused-ring (bicyclic) bond motifs is 1. The van der Waals surface area contributed by atoms with Crippen molar-refractivity contribution in [3.05, 3.63) is 23.3 Å². The van der Waals surface area contributed by atoms with Gasteiger partial charge in [0.25, 0.3) is 0 Å². The summed E-state index contributed by atoms with van der Waals surface area (Å²) in [5.41, 5.74) is 8.84. The number of nitrogen functional groups attached to an aromatic ring is 1. The molecule has 2 aliphatic heterocycles. The SMILES string of the molecule is Nc1cc2c(c(CN3CCCCC3CO)c1)OCOC2. The lowest BCUT2D eigenvalue weighted by Gasteiger charge is -2.35. The van der Waals surface area contributed by atoms with Crippen molar-refractivity contribution in [1.29, 1.82) is 0 Å². The molecule has 1 aromatic carbocycles. The zero-order valence-electron chi connectivity index (χ0n) is 11.7. The molecule has 3 rings (SSSR count). The van der Waals surface area contributed by atoms with E-state index in [1.807, 2.05) is 12.1 Å². The molecular formula is C15H22N2O3. The van der Waals surface area contributed by atoms with Gasteiger partial charge in [0.05, 0.1) is 13.2 Å². The second-order valence-corrected chi connectivity index (χ2v) is 5.58. The van der Waals surface area contributed by atoms with Crippen molar-refractivity contribution in [3.63, 3.8) is 0 Å². The van der Waals surface area contributed by atoms with E-state index in [4.69, 9.17) is 15.2 Å². The second kappa shape index (κ2) is 5.99. The van der Waals surface area contributed by atoms with Crippen LogP contribution in [0.25, 0.3) is 0 Å². The smallest absolute Gasteiger partial charge is 0.189 e. The van der Waals surface area contributed by atoms with Crippen LogP contribution < -0.4 is 10.5 Å². The van der Waals surface area contributed by atoms with Gasteiger partial charge in [-0.05, 0) is 31.5 Å². The monoisotopic (exact) mass is 278 g/mol. The Morgan fingerprint density at radius 1 is 1.35 bits per heavy atom.